The maximum absolute atomic E-state index is 5.58. The van der Waals surface area contributed by atoms with Crippen LogP contribution >= 0.6 is 34.4 Å². The van der Waals surface area contributed by atoms with Crippen LogP contribution in [0.3, 0.4) is 0 Å². The number of ether oxygens (including phenoxy) is 1. The molecule has 1 aliphatic heterocycles. The van der Waals surface area contributed by atoms with E-state index in [2.05, 4.69) is 25.7 Å². The van der Waals surface area contributed by atoms with E-state index >= 15 is 0 Å². The fraction of sp³-hybridized carbons (Fsp3) is 0.429. The molecule has 0 bridgehead atoms. The average Bonchev–Trinajstić information content (AvgIpc) is 3.40. The Labute approximate surface area is 150 Å². The van der Waals surface area contributed by atoms with E-state index in [0.29, 0.717) is 23.6 Å². The molecule has 3 aromatic heterocycles. The van der Waals surface area contributed by atoms with Crippen LogP contribution in [0.2, 0.25) is 0 Å². The first-order chi connectivity index (χ1) is 11.9. The lowest BCUT2D eigenvalue weighted by Crippen LogP contribution is -2.18. The molecule has 10 heteroatoms. The zero-order chi connectivity index (χ0) is 16.2. The molecule has 7 nitrogen and oxygen atoms in total. The van der Waals surface area contributed by atoms with Crippen molar-refractivity contribution in [2.75, 3.05) is 18.5 Å². The molecule has 3 aromatic rings. The highest BCUT2D eigenvalue weighted by Gasteiger charge is 2.16. The first-order valence-corrected chi connectivity index (χ1v) is 10.2. The van der Waals surface area contributed by atoms with E-state index in [1.165, 1.54) is 11.3 Å². The Hall–Kier alpha value is -1.49. The van der Waals surface area contributed by atoms with Crippen LogP contribution in [0.1, 0.15) is 18.7 Å². The van der Waals surface area contributed by atoms with E-state index in [1.54, 1.807) is 23.1 Å². The maximum Gasteiger partial charge on any atom is 0.237 e. The normalized spacial score (nSPS) is 17.4. The van der Waals surface area contributed by atoms with E-state index in [4.69, 9.17) is 9.26 Å². The summed E-state index contributed by atoms with van der Waals surface area (Å²) in [5.74, 6) is 1.81. The molecule has 0 saturated carbocycles. The van der Waals surface area contributed by atoms with Crippen molar-refractivity contribution in [2.45, 2.75) is 29.0 Å². The summed E-state index contributed by atoms with van der Waals surface area (Å²) in [6.07, 6.45) is 2.54. The zero-order valence-electron chi connectivity index (χ0n) is 12.7. The number of nitrogens with one attached hydrogen (secondary N) is 1. The van der Waals surface area contributed by atoms with Gasteiger partial charge in [0, 0.05) is 13.2 Å². The zero-order valence-corrected chi connectivity index (χ0v) is 15.1. The van der Waals surface area contributed by atoms with Gasteiger partial charge < -0.3 is 14.6 Å². The Morgan fingerprint density at radius 2 is 2.38 bits per heavy atom. The van der Waals surface area contributed by atoms with Crippen molar-refractivity contribution in [3.63, 3.8) is 0 Å². The van der Waals surface area contributed by atoms with Gasteiger partial charge in [-0.2, -0.15) is 4.98 Å². The van der Waals surface area contributed by atoms with Gasteiger partial charge in [-0.05, 0) is 24.3 Å². The molecule has 0 spiro atoms. The van der Waals surface area contributed by atoms with Crippen molar-refractivity contribution >= 4 is 39.6 Å². The number of hydrogen-bond donors (Lipinski definition) is 1. The molecule has 1 atom stereocenters. The summed E-state index contributed by atoms with van der Waals surface area (Å²) in [6.45, 7) is 1.65. The lowest BCUT2D eigenvalue weighted by atomic mass is 10.2. The third kappa shape index (κ3) is 3.94. The minimum atomic E-state index is 0.291. The van der Waals surface area contributed by atoms with Crippen LogP contribution < -0.4 is 5.32 Å². The predicted molar refractivity (Wildman–Crippen MR) is 94.5 cm³/mol. The number of anilines is 1. The van der Waals surface area contributed by atoms with Crippen LogP contribution in [-0.2, 0) is 10.5 Å². The van der Waals surface area contributed by atoms with E-state index < -0.39 is 0 Å². The number of thiophene rings is 1. The molecule has 4 heterocycles. The largest absolute Gasteiger partial charge is 0.376 e. The van der Waals surface area contributed by atoms with Gasteiger partial charge in [-0.1, -0.05) is 34.3 Å². The quantitative estimate of drug-likeness (QED) is 0.622. The van der Waals surface area contributed by atoms with Crippen LogP contribution in [0, 0.1) is 0 Å². The van der Waals surface area contributed by atoms with Gasteiger partial charge in [0.05, 0.1) is 16.7 Å². The fourth-order valence-corrected chi connectivity index (χ4v) is 4.53. The fourth-order valence-electron chi connectivity index (χ4n) is 2.29. The molecule has 1 aliphatic rings. The number of hydrogen-bond acceptors (Lipinski definition) is 10. The molecule has 0 amide bonds. The summed E-state index contributed by atoms with van der Waals surface area (Å²) in [5, 5.41) is 18.4. The molecular weight excluding hydrogens is 366 g/mol. The van der Waals surface area contributed by atoms with E-state index in [1.807, 2.05) is 17.5 Å². The van der Waals surface area contributed by atoms with Crippen LogP contribution in [0.25, 0.3) is 10.7 Å². The molecule has 1 saturated heterocycles. The average molecular weight is 382 g/mol. The van der Waals surface area contributed by atoms with Crippen LogP contribution in [0.4, 0.5) is 5.13 Å². The topological polar surface area (TPSA) is 86.0 Å². The van der Waals surface area contributed by atoms with Crippen molar-refractivity contribution in [2.24, 2.45) is 0 Å². The number of aromatic nitrogens is 4. The summed E-state index contributed by atoms with van der Waals surface area (Å²) in [5.41, 5.74) is 0. The monoisotopic (exact) mass is 381 g/mol. The van der Waals surface area contributed by atoms with E-state index in [0.717, 1.165) is 40.3 Å². The Balaban J connectivity index is 1.28. The van der Waals surface area contributed by atoms with E-state index in [-0.39, 0.29) is 0 Å². The highest BCUT2D eigenvalue weighted by atomic mass is 32.2. The molecule has 0 aromatic carbocycles. The second-order valence-corrected chi connectivity index (χ2v) is 8.31. The lowest BCUT2D eigenvalue weighted by Gasteiger charge is -2.08. The Morgan fingerprint density at radius 1 is 1.38 bits per heavy atom. The standard InChI is InChI=1S/C14H15N5O2S3/c1-3-9(20-5-1)7-15-13-17-18-14(24-13)23-8-11-16-12(19-21-11)10-4-2-6-22-10/h2,4,6,9H,1,3,5,7-8H2,(H,15,17). The van der Waals surface area contributed by atoms with Crippen LogP contribution in [-0.4, -0.2) is 39.6 Å². The molecule has 1 unspecified atom stereocenters. The smallest absolute Gasteiger partial charge is 0.237 e. The molecule has 1 fully saturated rings. The molecule has 0 aliphatic carbocycles. The molecule has 126 valence electrons. The third-order valence-corrected chi connectivity index (χ3v) is 6.31. The first-order valence-electron chi connectivity index (χ1n) is 7.55. The van der Waals surface area contributed by atoms with Crippen molar-refractivity contribution in [3.05, 3.63) is 23.4 Å². The molecule has 24 heavy (non-hydrogen) atoms. The SMILES string of the molecule is c1csc(-c2noc(CSc3nnc(NCC4CCCO4)s3)n2)c1. The summed E-state index contributed by atoms with van der Waals surface area (Å²) >= 11 is 4.66. The van der Waals surface area contributed by atoms with Crippen molar-refractivity contribution in [3.8, 4) is 10.7 Å². The number of nitrogens with zero attached hydrogens (tertiary/aromatic N) is 4. The van der Waals surface area contributed by atoms with Gasteiger partial charge in [0.15, 0.2) is 4.34 Å². The highest BCUT2D eigenvalue weighted by Crippen LogP contribution is 2.29. The Bertz CT molecular complexity index is 767. The van der Waals surface area contributed by atoms with Crippen molar-refractivity contribution in [1.82, 2.24) is 20.3 Å². The van der Waals surface area contributed by atoms with Gasteiger partial charge in [-0.15, -0.1) is 21.5 Å². The van der Waals surface area contributed by atoms with Gasteiger partial charge in [-0.25, -0.2) is 0 Å². The molecule has 1 N–H and O–H groups in total. The molecule has 4 rings (SSSR count). The molecular formula is C14H15N5O2S3. The number of rotatable bonds is 7. The van der Waals surface area contributed by atoms with Gasteiger partial charge in [0.1, 0.15) is 0 Å². The minimum absolute atomic E-state index is 0.291. The van der Waals surface area contributed by atoms with Gasteiger partial charge >= 0.3 is 0 Å². The lowest BCUT2D eigenvalue weighted by molar-refractivity contribution is 0.120. The third-order valence-electron chi connectivity index (χ3n) is 3.44. The van der Waals surface area contributed by atoms with Crippen molar-refractivity contribution < 1.29 is 9.26 Å². The predicted octanol–water partition coefficient (Wildman–Crippen LogP) is 3.53. The van der Waals surface area contributed by atoms with Gasteiger partial charge in [0.2, 0.25) is 16.8 Å². The minimum Gasteiger partial charge on any atom is -0.376 e. The Morgan fingerprint density at radius 3 is 3.21 bits per heavy atom. The maximum atomic E-state index is 5.58. The van der Waals surface area contributed by atoms with Crippen LogP contribution in [0.15, 0.2) is 26.4 Å². The van der Waals surface area contributed by atoms with E-state index in [9.17, 15) is 0 Å². The summed E-state index contributed by atoms with van der Waals surface area (Å²) < 4.78 is 11.7. The van der Waals surface area contributed by atoms with Gasteiger partial charge in [0.25, 0.3) is 0 Å². The van der Waals surface area contributed by atoms with Crippen molar-refractivity contribution in [1.29, 1.82) is 0 Å². The van der Waals surface area contributed by atoms with Crippen LogP contribution in [0.5, 0.6) is 0 Å². The second-order valence-electron chi connectivity index (χ2n) is 5.17. The number of thioether (sulfide) groups is 1. The highest BCUT2D eigenvalue weighted by molar-refractivity contribution is 8.00. The Kier molecular flexibility index (Phi) is 5.07. The summed E-state index contributed by atoms with van der Waals surface area (Å²) in [7, 11) is 0. The summed E-state index contributed by atoms with van der Waals surface area (Å²) in [4.78, 5) is 5.41. The second kappa shape index (κ2) is 7.60. The molecule has 0 radical (unpaired) electrons. The van der Waals surface area contributed by atoms with Gasteiger partial charge in [-0.3, -0.25) is 0 Å². The summed E-state index contributed by atoms with van der Waals surface area (Å²) in [6, 6.07) is 3.94. The first kappa shape index (κ1) is 16.0.